The molecule has 0 amide bonds. The van der Waals surface area contributed by atoms with Crippen LogP contribution in [-0.2, 0) is 17.8 Å². The molecule has 7 nitrogen and oxygen atoms in total. The summed E-state index contributed by atoms with van der Waals surface area (Å²) in [5, 5.41) is 10.9. The van der Waals surface area contributed by atoms with Crippen LogP contribution in [0.2, 0.25) is 0 Å². The van der Waals surface area contributed by atoms with E-state index < -0.39 is 0 Å². The Balaban J connectivity index is 0.00000420. The van der Waals surface area contributed by atoms with Crippen LogP contribution in [0.5, 0.6) is 5.75 Å². The van der Waals surface area contributed by atoms with Crippen molar-refractivity contribution < 1.29 is 9.47 Å². The molecule has 0 saturated heterocycles. The Morgan fingerprint density at radius 3 is 2.79 bits per heavy atom. The molecular formula is C21H34IN5O2. The second-order valence-corrected chi connectivity index (χ2v) is 6.55. The van der Waals surface area contributed by atoms with Crippen LogP contribution in [0.4, 0.5) is 0 Å². The molecule has 0 aliphatic rings. The van der Waals surface area contributed by atoms with E-state index in [4.69, 9.17) is 14.5 Å². The van der Waals surface area contributed by atoms with Gasteiger partial charge in [0, 0.05) is 57.7 Å². The first-order valence-electron chi connectivity index (χ1n) is 9.93. The van der Waals surface area contributed by atoms with Gasteiger partial charge in [0.25, 0.3) is 0 Å². The summed E-state index contributed by atoms with van der Waals surface area (Å²) in [6.07, 6.45) is 5.62. The van der Waals surface area contributed by atoms with Gasteiger partial charge in [-0.1, -0.05) is 12.1 Å². The van der Waals surface area contributed by atoms with Crippen LogP contribution in [-0.4, -0.2) is 49.2 Å². The molecule has 0 spiro atoms. The van der Waals surface area contributed by atoms with Crippen molar-refractivity contribution in [3.8, 4) is 5.75 Å². The monoisotopic (exact) mass is 515 g/mol. The summed E-state index contributed by atoms with van der Waals surface area (Å²) >= 11 is 0. The highest BCUT2D eigenvalue weighted by molar-refractivity contribution is 14.0. The van der Waals surface area contributed by atoms with E-state index in [1.165, 1.54) is 5.56 Å². The number of benzene rings is 1. The lowest BCUT2D eigenvalue weighted by Gasteiger charge is -2.14. The van der Waals surface area contributed by atoms with E-state index in [9.17, 15) is 0 Å². The van der Waals surface area contributed by atoms with Gasteiger partial charge in [-0.2, -0.15) is 5.10 Å². The zero-order valence-corrected chi connectivity index (χ0v) is 20.0. The number of aromatic nitrogens is 2. The maximum Gasteiger partial charge on any atom is 0.191 e. The number of nitrogens with zero attached hydrogens (tertiary/aromatic N) is 3. The molecule has 2 N–H and O–H groups in total. The third-order valence-corrected chi connectivity index (χ3v) is 4.14. The van der Waals surface area contributed by atoms with Crippen molar-refractivity contribution >= 4 is 29.9 Å². The average molecular weight is 515 g/mol. The largest absolute Gasteiger partial charge is 0.493 e. The minimum atomic E-state index is 0. The second-order valence-electron chi connectivity index (χ2n) is 6.55. The van der Waals surface area contributed by atoms with E-state index in [0.29, 0.717) is 19.8 Å². The first kappa shape index (κ1) is 25.2. The molecule has 2 rings (SSSR count). The fraction of sp³-hybridized carbons (Fsp3) is 0.524. The van der Waals surface area contributed by atoms with Gasteiger partial charge in [0.1, 0.15) is 5.75 Å². The highest BCUT2D eigenvalue weighted by atomic mass is 127. The smallest absolute Gasteiger partial charge is 0.191 e. The number of halogens is 1. The highest BCUT2D eigenvalue weighted by Crippen LogP contribution is 2.21. The van der Waals surface area contributed by atoms with Gasteiger partial charge < -0.3 is 20.1 Å². The van der Waals surface area contributed by atoms with Gasteiger partial charge in [-0.15, -0.1) is 24.0 Å². The van der Waals surface area contributed by atoms with Crippen molar-refractivity contribution in [1.29, 1.82) is 0 Å². The Morgan fingerprint density at radius 2 is 2.07 bits per heavy atom. The summed E-state index contributed by atoms with van der Waals surface area (Å²) < 4.78 is 13.0. The van der Waals surface area contributed by atoms with E-state index >= 15 is 0 Å². The van der Waals surface area contributed by atoms with Gasteiger partial charge in [-0.25, -0.2) is 4.99 Å². The number of hydrogen-bond acceptors (Lipinski definition) is 4. The molecule has 29 heavy (non-hydrogen) atoms. The molecule has 1 heterocycles. The summed E-state index contributed by atoms with van der Waals surface area (Å²) in [6.45, 7) is 8.58. The Kier molecular flexibility index (Phi) is 13.1. The van der Waals surface area contributed by atoms with Crippen LogP contribution >= 0.6 is 24.0 Å². The fourth-order valence-electron chi connectivity index (χ4n) is 2.70. The predicted octanol–water partition coefficient (Wildman–Crippen LogP) is 3.37. The standard InChI is InChI=1S/C21H33N5O2.HI/c1-4-22-21(23-10-5-12-26-13-6-11-25-26)24-17-19-9-8-18(2)16-20(19)28-15-7-14-27-3;/h6,8-9,11,13,16H,4-5,7,10,12,14-15,17H2,1-3H3,(H2,22,23,24);1H. The number of ether oxygens (including phenoxy) is 2. The van der Waals surface area contributed by atoms with Crippen molar-refractivity contribution in [2.24, 2.45) is 4.99 Å². The third kappa shape index (κ3) is 9.98. The summed E-state index contributed by atoms with van der Waals surface area (Å²) in [5.74, 6) is 1.71. The summed E-state index contributed by atoms with van der Waals surface area (Å²) in [5.41, 5.74) is 2.26. The number of guanidine groups is 1. The number of methoxy groups -OCH3 is 1. The minimum Gasteiger partial charge on any atom is -0.493 e. The molecule has 0 atom stereocenters. The lowest BCUT2D eigenvalue weighted by molar-refractivity contribution is 0.172. The lowest BCUT2D eigenvalue weighted by atomic mass is 10.1. The summed E-state index contributed by atoms with van der Waals surface area (Å²) in [7, 11) is 1.71. The van der Waals surface area contributed by atoms with E-state index in [2.05, 4.69) is 47.8 Å². The van der Waals surface area contributed by atoms with Crippen molar-refractivity contribution in [1.82, 2.24) is 20.4 Å². The molecular weight excluding hydrogens is 481 g/mol. The van der Waals surface area contributed by atoms with Crippen molar-refractivity contribution in [3.05, 3.63) is 47.8 Å². The Bertz CT molecular complexity index is 707. The first-order chi connectivity index (χ1) is 13.7. The van der Waals surface area contributed by atoms with E-state index in [0.717, 1.165) is 49.7 Å². The van der Waals surface area contributed by atoms with Gasteiger partial charge in [-0.05, 0) is 38.0 Å². The Hall–Kier alpha value is -1.81. The maximum atomic E-state index is 5.95. The fourth-order valence-corrected chi connectivity index (χ4v) is 2.70. The van der Waals surface area contributed by atoms with Crippen LogP contribution in [0.1, 0.15) is 30.9 Å². The summed E-state index contributed by atoms with van der Waals surface area (Å²) in [6, 6.07) is 8.20. The van der Waals surface area contributed by atoms with Gasteiger partial charge >= 0.3 is 0 Å². The molecule has 1 aromatic heterocycles. The first-order valence-corrected chi connectivity index (χ1v) is 9.93. The Labute approximate surface area is 191 Å². The van der Waals surface area contributed by atoms with Gasteiger partial charge in [0.2, 0.25) is 0 Å². The third-order valence-electron chi connectivity index (χ3n) is 4.14. The number of hydrogen-bond donors (Lipinski definition) is 2. The Morgan fingerprint density at radius 1 is 1.21 bits per heavy atom. The quantitative estimate of drug-likeness (QED) is 0.196. The molecule has 0 saturated carbocycles. The zero-order chi connectivity index (χ0) is 20.0. The molecule has 2 aromatic rings. The number of aliphatic imine (C=N–C) groups is 1. The number of nitrogens with one attached hydrogen (secondary N) is 2. The molecule has 0 aliphatic carbocycles. The average Bonchev–Trinajstić information content (AvgIpc) is 3.21. The highest BCUT2D eigenvalue weighted by Gasteiger charge is 2.05. The normalized spacial score (nSPS) is 11.1. The van der Waals surface area contributed by atoms with Crippen LogP contribution in [0.3, 0.4) is 0 Å². The second kappa shape index (κ2) is 15.1. The van der Waals surface area contributed by atoms with E-state index in [1.54, 1.807) is 13.3 Å². The molecule has 162 valence electrons. The predicted molar refractivity (Wildman–Crippen MR) is 128 cm³/mol. The molecule has 1 aromatic carbocycles. The topological polar surface area (TPSA) is 72.7 Å². The summed E-state index contributed by atoms with van der Waals surface area (Å²) in [4.78, 5) is 4.72. The minimum absolute atomic E-state index is 0. The van der Waals surface area contributed by atoms with Crippen molar-refractivity contribution in [2.75, 3.05) is 33.4 Å². The number of aryl methyl sites for hydroxylation is 2. The van der Waals surface area contributed by atoms with Gasteiger partial charge in [0.15, 0.2) is 5.96 Å². The van der Waals surface area contributed by atoms with Crippen molar-refractivity contribution in [3.63, 3.8) is 0 Å². The van der Waals surface area contributed by atoms with Crippen LogP contribution in [0.25, 0.3) is 0 Å². The van der Waals surface area contributed by atoms with Crippen LogP contribution in [0.15, 0.2) is 41.7 Å². The van der Waals surface area contributed by atoms with E-state index in [1.807, 2.05) is 16.9 Å². The van der Waals surface area contributed by atoms with Crippen molar-refractivity contribution in [2.45, 2.75) is 39.8 Å². The molecule has 8 heteroatoms. The molecule has 0 unspecified atom stereocenters. The van der Waals surface area contributed by atoms with Gasteiger partial charge in [0.05, 0.1) is 13.2 Å². The zero-order valence-electron chi connectivity index (χ0n) is 17.7. The molecule has 0 fully saturated rings. The van der Waals surface area contributed by atoms with E-state index in [-0.39, 0.29) is 24.0 Å². The lowest BCUT2D eigenvalue weighted by Crippen LogP contribution is -2.38. The maximum absolute atomic E-state index is 5.95. The molecule has 0 aliphatic heterocycles. The SMILES string of the molecule is CCNC(=NCc1ccc(C)cc1OCCCOC)NCCCn1cccn1.I. The van der Waals surface area contributed by atoms with Crippen LogP contribution < -0.4 is 15.4 Å². The number of rotatable bonds is 12. The van der Waals surface area contributed by atoms with Crippen LogP contribution in [0, 0.1) is 6.92 Å². The molecule has 0 radical (unpaired) electrons. The molecule has 0 bridgehead atoms. The van der Waals surface area contributed by atoms with Gasteiger partial charge in [-0.3, -0.25) is 4.68 Å².